The van der Waals surface area contributed by atoms with E-state index in [1.807, 2.05) is 78.9 Å². The molecule has 0 saturated heterocycles. The van der Waals surface area contributed by atoms with Crippen molar-refractivity contribution in [3.63, 3.8) is 0 Å². The standard InChI is InChI=1S/C45H28N4O/c1-4-14-29(15-5-1)32-26-27-34-33-20-10-11-23-37(33)49(39(34)28-32)38-24-13-25-40-41(38)35-21-12-22-36(42(35)50-40)45-47-43(30-16-6-2-7-17-30)46-44(48-45)31-18-8-3-9-19-31/h1-28H/i2D,6D,7D,16D,17D. The molecule has 0 amide bonds. The van der Waals surface area contributed by atoms with E-state index >= 15 is 0 Å². The molecule has 3 heterocycles. The van der Waals surface area contributed by atoms with Crippen molar-refractivity contribution >= 4 is 43.7 Å². The van der Waals surface area contributed by atoms with E-state index < -0.39 is 30.2 Å². The predicted molar refractivity (Wildman–Crippen MR) is 203 cm³/mol. The number of furan rings is 1. The van der Waals surface area contributed by atoms with Crippen molar-refractivity contribution < 1.29 is 11.3 Å². The highest BCUT2D eigenvalue weighted by molar-refractivity contribution is 6.16. The Morgan fingerprint density at radius 1 is 0.480 bits per heavy atom. The normalized spacial score (nSPS) is 13.0. The van der Waals surface area contributed by atoms with Gasteiger partial charge in [-0.2, -0.15) is 0 Å². The molecular weight excluding hydrogens is 613 g/mol. The van der Waals surface area contributed by atoms with E-state index in [1.165, 1.54) is 0 Å². The first-order chi connectivity index (χ1) is 26.9. The van der Waals surface area contributed by atoms with Gasteiger partial charge in [-0.3, -0.25) is 0 Å². The minimum Gasteiger partial charge on any atom is -0.455 e. The van der Waals surface area contributed by atoms with Crippen LogP contribution in [0.3, 0.4) is 0 Å². The molecule has 10 rings (SSSR count). The number of hydrogen-bond acceptors (Lipinski definition) is 4. The average Bonchev–Trinajstić information content (AvgIpc) is 3.78. The average molecular weight is 646 g/mol. The summed E-state index contributed by atoms with van der Waals surface area (Å²) in [6.07, 6.45) is 0. The number of aromatic nitrogens is 4. The number of benzene rings is 7. The molecule has 0 radical (unpaired) electrons. The molecule has 234 valence electrons. The lowest BCUT2D eigenvalue weighted by Crippen LogP contribution is -2.00. The summed E-state index contributed by atoms with van der Waals surface area (Å²) in [7, 11) is 0. The summed E-state index contributed by atoms with van der Waals surface area (Å²) < 4.78 is 51.2. The number of fused-ring (bicyclic) bond motifs is 6. The zero-order chi connectivity index (χ0) is 37.4. The number of hydrogen-bond donors (Lipinski definition) is 0. The fourth-order valence-corrected chi connectivity index (χ4v) is 6.92. The van der Waals surface area contributed by atoms with E-state index in [2.05, 4.69) is 70.2 Å². The second-order valence-corrected chi connectivity index (χ2v) is 12.1. The minimum atomic E-state index is -0.487. The van der Waals surface area contributed by atoms with Crippen LogP contribution in [0.1, 0.15) is 6.85 Å². The van der Waals surface area contributed by atoms with Gasteiger partial charge in [-0.15, -0.1) is 0 Å². The van der Waals surface area contributed by atoms with Crippen LogP contribution in [0.25, 0.3) is 94.7 Å². The van der Waals surface area contributed by atoms with Crippen molar-refractivity contribution in [3.05, 3.63) is 170 Å². The van der Waals surface area contributed by atoms with Gasteiger partial charge >= 0.3 is 0 Å². The van der Waals surface area contributed by atoms with E-state index in [9.17, 15) is 0 Å². The first-order valence-corrected chi connectivity index (χ1v) is 16.3. The van der Waals surface area contributed by atoms with Crippen molar-refractivity contribution in [2.75, 3.05) is 0 Å². The van der Waals surface area contributed by atoms with Gasteiger partial charge in [0.1, 0.15) is 11.2 Å². The Kier molecular flexibility index (Phi) is 5.35. The van der Waals surface area contributed by atoms with Crippen molar-refractivity contribution in [1.29, 1.82) is 0 Å². The molecule has 0 N–H and O–H groups in total. The lowest BCUT2D eigenvalue weighted by Gasteiger charge is -2.11. The number of para-hydroxylation sites is 2. The van der Waals surface area contributed by atoms with Crippen molar-refractivity contribution in [1.82, 2.24) is 19.5 Å². The van der Waals surface area contributed by atoms with Crippen LogP contribution < -0.4 is 0 Å². The third kappa shape index (κ3) is 4.52. The Morgan fingerprint density at radius 2 is 1.14 bits per heavy atom. The highest BCUT2D eigenvalue weighted by atomic mass is 16.3. The van der Waals surface area contributed by atoms with Gasteiger partial charge in [-0.05, 0) is 41.5 Å². The SMILES string of the molecule is [2H]c1c([2H])c([2H])c(-c2nc(-c3ccccc3)nc(-c3cccc4c3oc3cccc(-n5c6ccccc6c6ccc(-c7ccccc7)cc65)c34)n2)c([2H])c1[2H]. The van der Waals surface area contributed by atoms with Crippen LogP contribution in [-0.4, -0.2) is 19.5 Å². The summed E-state index contributed by atoms with van der Waals surface area (Å²) >= 11 is 0. The Labute approximate surface area is 294 Å². The third-order valence-electron chi connectivity index (χ3n) is 9.15. The van der Waals surface area contributed by atoms with Gasteiger partial charge in [0.05, 0.1) is 34.5 Å². The topological polar surface area (TPSA) is 56.7 Å². The van der Waals surface area contributed by atoms with Gasteiger partial charge in [0.2, 0.25) is 0 Å². The van der Waals surface area contributed by atoms with Crippen molar-refractivity contribution in [2.24, 2.45) is 0 Å². The third-order valence-corrected chi connectivity index (χ3v) is 9.15. The van der Waals surface area contributed by atoms with Crippen LogP contribution >= 0.6 is 0 Å². The monoisotopic (exact) mass is 645 g/mol. The highest BCUT2D eigenvalue weighted by Crippen LogP contribution is 2.42. The molecule has 0 aliphatic carbocycles. The quantitative estimate of drug-likeness (QED) is 0.187. The van der Waals surface area contributed by atoms with E-state index in [-0.39, 0.29) is 17.2 Å². The molecule has 0 aliphatic rings. The van der Waals surface area contributed by atoms with Gasteiger partial charge in [0.15, 0.2) is 17.5 Å². The first kappa shape index (κ1) is 23.5. The van der Waals surface area contributed by atoms with E-state index in [4.69, 9.17) is 21.2 Å². The van der Waals surface area contributed by atoms with Crippen LogP contribution in [0.2, 0.25) is 0 Å². The Balaban J connectivity index is 1.24. The van der Waals surface area contributed by atoms with Gasteiger partial charge < -0.3 is 8.98 Å². The fourth-order valence-electron chi connectivity index (χ4n) is 6.92. The molecule has 0 aliphatic heterocycles. The maximum atomic E-state index is 8.70. The summed E-state index contributed by atoms with van der Waals surface area (Å²) in [5.41, 5.74) is 7.69. The zero-order valence-electron chi connectivity index (χ0n) is 31.5. The molecule has 10 aromatic rings. The fraction of sp³-hybridized carbons (Fsp3) is 0. The maximum Gasteiger partial charge on any atom is 0.167 e. The van der Waals surface area contributed by atoms with Crippen LogP contribution in [0.4, 0.5) is 0 Å². The maximum absolute atomic E-state index is 8.70. The smallest absolute Gasteiger partial charge is 0.167 e. The molecular formula is C45H28N4O. The van der Waals surface area contributed by atoms with Crippen molar-refractivity contribution in [2.45, 2.75) is 0 Å². The first-order valence-electron chi connectivity index (χ1n) is 18.8. The lowest BCUT2D eigenvalue weighted by atomic mass is 10.0. The summed E-state index contributed by atoms with van der Waals surface area (Å²) in [5, 5.41) is 4.04. The second-order valence-electron chi connectivity index (χ2n) is 12.1. The van der Waals surface area contributed by atoms with Crippen LogP contribution in [0.5, 0.6) is 0 Å². The molecule has 7 aromatic carbocycles. The van der Waals surface area contributed by atoms with E-state index in [1.54, 1.807) is 0 Å². The second kappa shape index (κ2) is 11.4. The molecule has 50 heavy (non-hydrogen) atoms. The molecule has 5 heteroatoms. The zero-order valence-corrected chi connectivity index (χ0v) is 26.5. The molecule has 0 atom stereocenters. The van der Waals surface area contributed by atoms with Gasteiger partial charge in [-0.1, -0.05) is 139 Å². The Bertz CT molecular complexity index is 3130. The molecule has 0 fully saturated rings. The minimum absolute atomic E-state index is 0.0332. The van der Waals surface area contributed by atoms with Gasteiger partial charge in [-0.25, -0.2) is 15.0 Å². The molecule has 3 aromatic heterocycles. The summed E-state index contributed by atoms with van der Waals surface area (Å²) in [5.74, 6) is 0.501. The summed E-state index contributed by atoms with van der Waals surface area (Å²) in [4.78, 5) is 14.4. The van der Waals surface area contributed by atoms with Crippen LogP contribution in [-0.2, 0) is 0 Å². The summed E-state index contributed by atoms with van der Waals surface area (Å²) in [6.45, 7) is 0. The van der Waals surface area contributed by atoms with Crippen molar-refractivity contribution in [3.8, 4) is 51.0 Å². The molecule has 0 unspecified atom stereocenters. The van der Waals surface area contributed by atoms with E-state index in [0.29, 0.717) is 28.1 Å². The molecule has 5 nitrogen and oxygen atoms in total. The van der Waals surface area contributed by atoms with Gasteiger partial charge in [0.25, 0.3) is 0 Å². The predicted octanol–water partition coefficient (Wildman–Crippen LogP) is 11.5. The Morgan fingerprint density at radius 3 is 1.96 bits per heavy atom. The summed E-state index contributed by atoms with van der Waals surface area (Å²) in [6, 6.07) is 44.4. The van der Waals surface area contributed by atoms with E-state index in [0.717, 1.165) is 49.4 Å². The highest BCUT2D eigenvalue weighted by Gasteiger charge is 2.21. The molecule has 0 spiro atoms. The van der Waals surface area contributed by atoms with Gasteiger partial charge in [0, 0.05) is 27.3 Å². The Hall–Kier alpha value is -6.85. The lowest BCUT2D eigenvalue weighted by molar-refractivity contribution is 0.669. The number of rotatable bonds is 5. The largest absolute Gasteiger partial charge is 0.455 e. The number of nitrogens with zero attached hydrogens (tertiary/aromatic N) is 4. The molecule has 0 bridgehead atoms. The van der Waals surface area contributed by atoms with Crippen LogP contribution in [0.15, 0.2) is 174 Å². The van der Waals surface area contributed by atoms with Crippen LogP contribution in [0, 0.1) is 0 Å². The molecule has 0 saturated carbocycles.